The number of hydrogen-bond donors (Lipinski definition) is 0. The van der Waals surface area contributed by atoms with Crippen LogP contribution in [0.15, 0.2) is 10.8 Å². The number of fused-ring (bicyclic) bond motifs is 1. The minimum Gasteiger partial charge on any atom is -0.459 e. The van der Waals surface area contributed by atoms with E-state index in [0.29, 0.717) is 11.1 Å². The summed E-state index contributed by atoms with van der Waals surface area (Å²) in [6.07, 6.45) is -0.156. The molecule has 0 aromatic carbocycles. The van der Waals surface area contributed by atoms with Crippen LogP contribution in [0.25, 0.3) is 9.40 Å². The predicted molar refractivity (Wildman–Crippen MR) is 70.3 cm³/mol. The zero-order valence-corrected chi connectivity index (χ0v) is 11.4. The molecular formula is C12H12O3S2. The zero-order chi connectivity index (χ0) is 12.6. The minimum atomic E-state index is -0.354. The Kier molecular flexibility index (Phi) is 3.31. The quantitative estimate of drug-likeness (QED) is 0.629. The summed E-state index contributed by atoms with van der Waals surface area (Å²) in [7, 11) is 0. The number of esters is 1. The number of thiophene rings is 2. The van der Waals surface area contributed by atoms with Crippen LogP contribution in [0.3, 0.4) is 0 Å². The van der Waals surface area contributed by atoms with E-state index in [2.05, 4.69) is 0 Å². The number of carbonyl (C=O) groups is 2. The fourth-order valence-electron chi connectivity index (χ4n) is 1.54. The van der Waals surface area contributed by atoms with Crippen LogP contribution in [0, 0.1) is 0 Å². The highest BCUT2D eigenvalue weighted by Crippen LogP contribution is 2.35. The molecule has 0 fully saturated rings. The molecule has 0 saturated heterocycles. The Balaban J connectivity index is 2.50. The summed E-state index contributed by atoms with van der Waals surface area (Å²) in [6, 6.07) is 0. The van der Waals surface area contributed by atoms with Crippen molar-refractivity contribution in [2.45, 2.75) is 26.9 Å². The number of ether oxygens (including phenoxy) is 1. The van der Waals surface area contributed by atoms with Crippen LogP contribution in [0.2, 0.25) is 0 Å². The highest BCUT2D eigenvalue weighted by atomic mass is 32.2. The van der Waals surface area contributed by atoms with Crippen LogP contribution in [0.5, 0.6) is 0 Å². The monoisotopic (exact) mass is 268 g/mol. The van der Waals surface area contributed by atoms with Crippen molar-refractivity contribution in [3.8, 4) is 0 Å². The van der Waals surface area contributed by atoms with Gasteiger partial charge in [-0.3, -0.25) is 4.79 Å². The van der Waals surface area contributed by atoms with Crippen molar-refractivity contribution in [3.05, 3.63) is 21.9 Å². The summed E-state index contributed by atoms with van der Waals surface area (Å²) in [6.45, 7) is 5.12. The van der Waals surface area contributed by atoms with Gasteiger partial charge < -0.3 is 4.74 Å². The first-order valence-corrected chi connectivity index (χ1v) is 6.97. The van der Waals surface area contributed by atoms with Crippen LogP contribution in [0.1, 0.15) is 41.5 Å². The van der Waals surface area contributed by atoms with Gasteiger partial charge in [-0.1, -0.05) is 0 Å². The van der Waals surface area contributed by atoms with Gasteiger partial charge in [0.1, 0.15) is 0 Å². The molecule has 2 aromatic rings. The van der Waals surface area contributed by atoms with E-state index in [1.165, 1.54) is 29.6 Å². The van der Waals surface area contributed by atoms with Gasteiger partial charge in [0.2, 0.25) is 0 Å². The third-order valence-electron chi connectivity index (χ3n) is 2.25. The summed E-state index contributed by atoms with van der Waals surface area (Å²) in [4.78, 5) is 23.4. The zero-order valence-electron chi connectivity index (χ0n) is 9.77. The second-order valence-corrected chi connectivity index (χ2v) is 5.99. The van der Waals surface area contributed by atoms with E-state index in [0.717, 1.165) is 9.40 Å². The van der Waals surface area contributed by atoms with Crippen LogP contribution in [0.4, 0.5) is 0 Å². The Morgan fingerprint density at radius 1 is 1.18 bits per heavy atom. The molecule has 0 aliphatic rings. The third kappa shape index (κ3) is 2.25. The summed E-state index contributed by atoms with van der Waals surface area (Å²) >= 11 is 2.96. The van der Waals surface area contributed by atoms with E-state index < -0.39 is 0 Å². The molecule has 2 heterocycles. The normalized spacial score (nSPS) is 11.1. The van der Waals surface area contributed by atoms with Crippen molar-refractivity contribution in [2.75, 3.05) is 0 Å². The molecule has 5 heteroatoms. The average molecular weight is 268 g/mol. The van der Waals surface area contributed by atoms with E-state index in [4.69, 9.17) is 4.74 Å². The maximum absolute atomic E-state index is 11.9. The Labute approximate surface area is 107 Å². The lowest BCUT2D eigenvalue weighted by Gasteiger charge is -2.06. The summed E-state index contributed by atoms with van der Waals surface area (Å²) in [5.41, 5.74) is 1.12. The number of Topliss-reactive ketones (excluding diaryl/α,β-unsaturated/α-hetero) is 1. The largest absolute Gasteiger partial charge is 0.459 e. The first-order chi connectivity index (χ1) is 8.00. The van der Waals surface area contributed by atoms with Gasteiger partial charge in [0, 0.05) is 21.7 Å². The topological polar surface area (TPSA) is 43.4 Å². The van der Waals surface area contributed by atoms with Crippen molar-refractivity contribution in [2.24, 2.45) is 0 Å². The van der Waals surface area contributed by atoms with Gasteiger partial charge in [0.25, 0.3) is 0 Å². The Bertz CT molecular complexity index is 578. The number of rotatable bonds is 3. The van der Waals surface area contributed by atoms with Crippen molar-refractivity contribution in [3.63, 3.8) is 0 Å². The molecular weight excluding hydrogens is 256 g/mol. The number of ketones is 1. The second kappa shape index (κ2) is 4.58. The molecule has 0 atom stereocenters. The lowest BCUT2D eigenvalue weighted by Crippen LogP contribution is -2.11. The first-order valence-electron chi connectivity index (χ1n) is 5.21. The molecule has 0 unspecified atom stereocenters. The molecule has 0 bridgehead atoms. The SMILES string of the molecule is CC(=O)c1csc2scc(C(=O)OC(C)C)c12. The van der Waals surface area contributed by atoms with Gasteiger partial charge in [0.05, 0.1) is 15.7 Å². The summed E-state index contributed by atoms with van der Waals surface area (Å²) in [5.74, 6) is -0.375. The molecule has 0 saturated carbocycles. The van der Waals surface area contributed by atoms with Crippen LogP contribution >= 0.6 is 22.7 Å². The van der Waals surface area contributed by atoms with Gasteiger partial charge in [0.15, 0.2) is 5.78 Å². The van der Waals surface area contributed by atoms with Crippen molar-refractivity contribution < 1.29 is 14.3 Å². The van der Waals surface area contributed by atoms with Crippen molar-refractivity contribution in [1.29, 1.82) is 0 Å². The number of hydrogen-bond acceptors (Lipinski definition) is 5. The number of carbonyl (C=O) groups excluding carboxylic acids is 2. The third-order valence-corrected chi connectivity index (χ3v) is 4.37. The van der Waals surface area contributed by atoms with Crippen molar-refractivity contribution in [1.82, 2.24) is 0 Å². The smallest absolute Gasteiger partial charge is 0.339 e. The van der Waals surface area contributed by atoms with Gasteiger partial charge in [-0.25, -0.2) is 4.79 Å². The van der Waals surface area contributed by atoms with Gasteiger partial charge in [-0.15, -0.1) is 22.7 Å². The maximum atomic E-state index is 11.9. The van der Waals surface area contributed by atoms with E-state index in [9.17, 15) is 9.59 Å². The Morgan fingerprint density at radius 3 is 2.29 bits per heavy atom. The fraction of sp³-hybridized carbons (Fsp3) is 0.333. The van der Waals surface area contributed by atoms with E-state index in [-0.39, 0.29) is 17.9 Å². The maximum Gasteiger partial charge on any atom is 0.339 e. The second-order valence-electron chi connectivity index (χ2n) is 3.97. The molecule has 90 valence electrons. The Hall–Kier alpha value is -1.20. The van der Waals surface area contributed by atoms with Gasteiger partial charge in [-0.05, 0) is 20.8 Å². The highest BCUT2D eigenvalue weighted by molar-refractivity contribution is 7.37. The molecule has 0 aliphatic heterocycles. The lowest BCUT2D eigenvalue weighted by molar-refractivity contribution is 0.0381. The molecule has 2 aromatic heterocycles. The highest BCUT2D eigenvalue weighted by Gasteiger charge is 2.20. The molecule has 0 amide bonds. The minimum absolute atomic E-state index is 0.0201. The fourth-order valence-corrected chi connectivity index (χ4v) is 3.67. The summed E-state index contributed by atoms with van der Waals surface area (Å²) < 4.78 is 6.16. The molecule has 2 rings (SSSR count). The molecule has 0 radical (unpaired) electrons. The Morgan fingerprint density at radius 2 is 1.76 bits per heavy atom. The molecule has 0 N–H and O–H groups in total. The first kappa shape index (κ1) is 12.3. The summed E-state index contributed by atoms with van der Waals surface area (Å²) in [5, 5.41) is 4.31. The standard InChI is InChI=1S/C12H12O3S2/c1-6(2)15-11(14)9-5-17-12-10(9)8(4-16-12)7(3)13/h4-6H,1-3H3. The van der Waals surface area contributed by atoms with Gasteiger partial charge in [-0.2, -0.15) is 0 Å². The molecule has 0 spiro atoms. The van der Waals surface area contributed by atoms with Crippen molar-refractivity contribution >= 4 is 43.8 Å². The molecule has 3 nitrogen and oxygen atoms in total. The van der Waals surface area contributed by atoms with E-state index >= 15 is 0 Å². The van der Waals surface area contributed by atoms with E-state index in [1.54, 1.807) is 24.6 Å². The lowest BCUT2D eigenvalue weighted by atomic mass is 10.1. The molecule has 17 heavy (non-hydrogen) atoms. The average Bonchev–Trinajstić information content (AvgIpc) is 2.73. The van der Waals surface area contributed by atoms with E-state index in [1.807, 2.05) is 0 Å². The molecule has 0 aliphatic carbocycles. The van der Waals surface area contributed by atoms with Crippen LogP contribution < -0.4 is 0 Å². The van der Waals surface area contributed by atoms with Gasteiger partial charge >= 0.3 is 5.97 Å². The van der Waals surface area contributed by atoms with Crippen LogP contribution in [-0.2, 0) is 4.74 Å². The van der Waals surface area contributed by atoms with Crippen LogP contribution in [-0.4, -0.2) is 17.9 Å². The predicted octanol–water partition coefficient (Wildman–Crippen LogP) is 3.73.